The summed E-state index contributed by atoms with van der Waals surface area (Å²) in [6.45, 7) is 2.74. The number of benzene rings is 2. The van der Waals surface area contributed by atoms with Crippen molar-refractivity contribution >= 4 is 5.97 Å². The second kappa shape index (κ2) is 5.72. The van der Waals surface area contributed by atoms with E-state index < -0.39 is 0 Å². The van der Waals surface area contributed by atoms with Gasteiger partial charge in [0, 0.05) is 0 Å². The summed E-state index contributed by atoms with van der Waals surface area (Å²) in [5.41, 5.74) is 3.61. The molecule has 0 amide bonds. The molecule has 0 N–H and O–H groups in total. The smallest absolute Gasteiger partial charge is 0.338 e. The Morgan fingerprint density at radius 3 is 2.62 bits per heavy atom. The Labute approximate surface area is 125 Å². The van der Waals surface area contributed by atoms with Gasteiger partial charge in [0.2, 0.25) is 0 Å². The number of ether oxygens (including phenoxy) is 1. The molecule has 0 unspecified atom stereocenters. The summed E-state index contributed by atoms with van der Waals surface area (Å²) >= 11 is 0. The monoisotopic (exact) mass is 280 g/mol. The Morgan fingerprint density at radius 2 is 1.81 bits per heavy atom. The maximum Gasteiger partial charge on any atom is 0.338 e. The van der Waals surface area contributed by atoms with Gasteiger partial charge < -0.3 is 4.74 Å². The average molecular weight is 280 g/mol. The van der Waals surface area contributed by atoms with Gasteiger partial charge in [-0.2, -0.15) is 0 Å². The molecule has 2 aromatic carbocycles. The minimum absolute atomic E-state index is 0.133. The molecule has 2 aromatic rings. The van der Waals surface area contributed by atoms with Crippen molar-refractivity contribution in [2.24, 2.45) is 0 Å². The van der Waals surface area contributed by atoms with Crippen molar-refractivity contribution in [3.8, 4) is 0 Å². The molecule has 0 aromatic heterocycles. The summed E-state index contributed by atoms with van der Waals surface area (Å²) in [5, 5.41) is 0. The minimum atomic E-state index is -0.231. The highest BCUT2D eigenvalue weighted by Gasteiger charge is 2.33. The second-order valence-electron chi connectivity index (χ2n) is 5.97. The van der Waals surface area contributed by atoms with Crippen molar-refractivity contribution in [2.45, 2.75) is 31.6 Å². The maximum absolute atomic E-state index is 11.9. The van der Waals surface area contributed by atoms with Crippen LogP contribution in [0, 0.1) is 0 Å². The first-order valence-electron chi connectivity index (χ1n) is 7.50. The zero-order valence-electron chi connectivity index (χ0n) is 12.3. The first-order valence-corrected chi connectivity index (χ1v) is 7.50. The quantitative estimate of drug-likeness (QED) is 0.787. The van der Waals surface area contributed by atoms with Crippen molar-refractivity contribution in [2.75, 3.05) is 6.61 Å². The van der Waals surface area contributed by atoms with Crippen molar-refractivity contribution in [1.82, 2.24) is 0 Å². The molecule has 1 aliphatic rings. The Morgan fingerprint density at radius 1 is 1.10 bits per heavy atom. The van der Waals surface area contributed by atoms with E-state index in [-0.39, 0.29) is 11.4 Å². The highest BCUT2D eigenvalue weighted by atomic mass is 16.5. The molecule has 0 spiro atoms. The van der Waals surface area contributed by atoms with Crippen molar-refractivity contribution in [3.63, 3.8) is 0 Å². The zero-order chi connectivity index (χ0) is 14.7. The van der Waals surface area contributed by atoms with Gasteiger partial charge in [-0.1, -0.05) is 49.4 Å². The molecular formula is C19H20O2. The predicted octanol–water partition coefficient (Wildman–Crippen LogP) is 4.14. The van der Waals surface area contributed by atoms with Crippen LogP contribution in [0.3, 0.4) is 0 Å². The Kier molecular flexibility index (Phi) is 3.78. The van der Waals surface area contributed by atoms with E-state index in [4.69, 9.17) is 4.74 Å². The molecule has 2 nitrogen and oxygen atoms in total. The number of carbonyl (C=O) groups excluding carboxylic acids is 1. The van der Waals surface area contributed by atoms with Crippen LogP contribution in [-0.2, 0) is 16.6 Å². The fourth-order valence-corrected chi connectivity index (χ4v) is 3.16. The molecule has 0 bridgehead atoms. The predicted molar refractivity (Wildman–Crippen MR) is 83.5 cm³/mol. The normalized spacial score (nSPS) is 20.0. The standard InChI is InChI=1S/C19H20O2/c1-19(12-11-15-7-5-6-10-17(15)19)13-14-21-18(20)16-8-3-2-4-9-16/h2-10H,11-14H2,1H3/t19-/m0/s1. The van der Waals surface area contributed by atoms with E-state index in [1.807, 2.05) is 18.2 Å². The summed E-state index contributed by atoms with van der Waals surface area (Å²) in [6.07, 6.45) is 3.14. The van der Waals surface area contributed by atoms with Crippen LogP contribution in [0.25, 0.3) is 0 Å². The molecule has 0 fully saturated rings. The molecule has 21 heavy (non-hydrogen) atoms. The summed E-state index contributed by atoms with van der Waals surface area (Å²) in [7, 11) is 0. The molecule has 1 aliphatic carbocycles. The molecule has 0 heterocycles. The van der Waals surface area contributed by atoms with E-state index in [0.29, 0.717) is 12.2 Å². The topological polar surface area (TPSA) is 26.3 Å². The Hall–Kier alpha value is -2.09. The number of fused-ring (bicyclic) bond motifs is 1. The number of hydrogen-bond acceptors (Lipinski definition) is 2. The second-order valence-corrected chi connectivity index (χ2v) is 5.97. The highest BCUT2D eigenvalue weighted by molar-refractivity contribution is 5.89. The number of rotatable bonds is 4. The maximum atomic E-state index is 11.9. The number of aryl methyl sites for hydroxylation is 1. The fraction of sp³-hybridized carbons (Fsp3) is 0.316. The van der Waals surface area contributed by atoms with E-state index >= 15 is 0 Å². The minimum Gasteiger partial charge on any atom is -0.462 e. The molecule has 3 rings (SSSR count). The Bertz CT molecular complexity index is 633. The van der Waals surface area contributed by atoms with E-state index in [0.717, 1.165) is 19.3 Å². The van der Waals surface area contributed by atoms with Gasteiger partial charge in [0.15, 0.2) is 0 Å². The third-order valence-electron chi connectivity index (χ3n) is 4.51. The lowest BCUT2D eigenvalue weighted by Gasteiger charge is -2.25. The lowest BCUT2D eigenvalue weighted by atomic mass is 9.81. The molecule has 0 aliphatic heterocycles. The molecule has 0 saturated heterocycles. The van der Waals surface area contributed by atoms with Gasteiger partial charge in [-0.15, -0.1) is 0 Å². The van der Waals surface area contributed by atoms with Crippen LogP contribution in [0.1, 0.15) is 41.3 Å². The van der Waals surface area contributed by atoms with E-state index in [2.05, 4.69) is 31.2 Å². The number of hydrogen-bond donors (Lipinski definition) is 0. The molecular weight excluding hydrogens is 260 g/mol. The van der Waals surface area contributed by atoms with Gasteiger partial charge in [-0.25, -0.2) is 4.79 Å². The van der Waals surface area contributed by atoms with Gasteiger partial charge in [-0.05, 0) is 47.9 Å². The van der Waals surface area contributed by atoms with Gasteiger partial charge in [-0.3, -0.25) is 0 Å². The van der Waals surface area contributed by atoms with Crippen molar-refractivity contribution < 1.29 is 9.53 Å². The zero-order valence-corrected chi connectivity index (χ0v) is 12.3. The largest absolute Gasteiger partial charge is 0.462 e. The number of carbonyl (C=O) groups is 1. The van der Waals surface area contributed by atoms with E-state index in [1.54, 1.807) is 12.1 Å². The molecule has 0 radical (unpaired) electrons. The first-order chi connectivity index (χ1) is 10.2. The first kappa shape index (κ1) is 13.9. The van der Waals surface area contributed by atoms with Crippen molar-refractivity contribution in [1.29, 1.82) is 0 Å². The molecule has 1 atom stereocenters. The third-order valence-corrected chi connectivity index (χ3v) is 4.51. The lowest BCUT2D eigenvalue weighted by molar-refractivity contribution is 0.0476. The van der Waals surface area contributed by atoms with Crippen LogP contribution in [0.4, 0.5) is 0 Å². The SMILES string of the molecule is C[C@@]1(CCOC(=O)c2ccccc2)CCc2ccccc21. The van der Waals surface area contributed by atoms with Crippen LogP contribution < -0.4 is 0 Å². The molecule has 2 heteroatoms. The van der Waals surface area contributed by atoms with Gasteiger partial charge in [0.05, 0.1) is 12.2 Å². The van der Waals surface area contributed by atoms with Crippen molar-refractivity contribution in [3.05, 3.63) is 71.3 Å². The van der Waals surface area contributed by atoms with Crippen LogP contribution >= 0.6 is 0 Å². The number of esters is 1. The average Bonchev–Trinajstić information content (AvgIpc) is 2.86. The van der Waals surface area contributed by atoms with Crippen LogP contribution in [0.15, 0.2) is 54.6 Å². The summed E-state index contributed by atoms with van der Waals surface area (Å²) in [5.74, 6) is -0.231. The summed E-state index contributed by atoms with van der Waals surface area (Å²) < 4.78 is 5.43. The fourth-order valence-electron chi connectivity index (χ4n) is 3.16. The van der Waals surface area contributed by atoms with Crippen LogP contribution in [0.5, 0.6) is 0 Å². The van der Waals surface area contributed by atoms with Gasteiger partial charge in [0.25, 0.3) is 0 Å². The molecule has 108 valence electrons. The summed E-state index contributed by atoms with van der Waals surface area (Å²) in [6, 6.07) is 17.8. The van der Waals surface area contributed by atoms with E-state index in [9.17, 15) is 4.79 Å². The van der Waals surface area contributed by atoms with Crippen LogP contribution in [0.2, 0.25) is 0 Å². The van der Waals surface area contributed by atoms with Crippen LogP contribution in [-0.4, -0.2) is 12.6 Å². The summed E-state index contributed by atoms with van der Waals surface area (Å²) in [4.78, 5) is 11.9. The highest BCUT2D eigenvalue weighted by Crippen LogP contribution is 2.41. The van der Waals surface area contributed by atoms with Gasteiger partial charge in [0.1, 0.15) is 0 Å². The van der Waals surface area contributed by atoms with E-state index in [1.165, 1.54) is 11.1 Å². The lowest BCUT2D eigenvalue weighted by Crippen LogP contribution is -2.21. The molecule has 0 saturated carbocycles. The Balaban J connectivity index is 1.60. The van der Waals surface area contributed by atoms with Gasteiger partial charge >= 0.3 is 5.97 Å². The third kappa shape index (κ3) is 2.85.